The van der Waals surface area contributed by atoms with Crippen molar-refractivity contribution < 1.29 is 13.2 Å². The molecule has 82 valence electrons. The van der Waals surface area contributed by atoms with Gasteiger partial charge in [0, 0.05) is 25.2 Å². The van der Waals surface area contributed by atoms with Crippen LogP contribution >= 0.6 is 0 Å². The van der Waals surface area contributed by atoms with Crippen molar-refractivity contribution in [2.24, 2.45) is 11.7 Å². The van der Waals surface area contributed by atoms with Crippen LogP contribution in [0, 0.1) is 5.92 Å². The molecule has 0 spiro atoms. The van der Waals surface area contributed by atoms with Gasteiger partial charge >= 0.3 is 6.18 Å². The number of hydrogen-bond donors (Lipinski definition) is 1. The molecule has 0 aromatic carbocycles. The van der Waals surface area contributed by atoms with E-state index >= 15 is 0 Å². The second-order valence-corrected chi connectivity index (χ2v) is 4.42. The molecule has 2 fully saturated rings. The predicted octanol–water partition coefficient (Wildman–Crippen LogP) is 1.36. The van der Waals surface area contributed by atoms with Crippen molar-refractivity contribution in [2.45, 2.75) is 37.5 Å². The van der Waals surface area contributed by atoms with E-state index in [1.807, 2.05) is 4.90 Å². The summed E-state index contributed by atoms with van der Waals surface area (Å²) >= 11 is 0. The van der Waals surface area contributed by atoms with Crippen molar-refractivity contribution in [3.8, 4) is 0 Å². The summed E-state index contributed by atoms with van der Waals surface area (Å²) in [5.74, 6) is -1.22. The third kappa shape index (κ3) is 2.20. The van der Waals surface area contributed by atoms with Gasteiger partial charge in [-0.05, 0) is 19.3 Å². The highest BCUT2D eigenvalue weighted by Gasteiger charge is 2.46. The normalized spacial score (nSPS) is 36.0. The summed E-state index contributed by atoms with van der Waals surface area (Å²) in [5, 5.41) is 0. The molecule has 1 saturated carbocycles. The van der Waals surface area contributed by atoms with Crippen LogP contribution in [0.5, 0.6) is 0 Å². The molecule has 0 aromatic rings. The number of alkyl halides is 3. The molecule has 0 aromatic heterocycles. The molecule has 14 heavy (non-hydrogen) atoms. The Balaban J connectivity index is 1.98. The lowest BCUT2D eigenvalue weighted by molar-refractivity contribution is -0.188. The van der Waals surface area contributed by atoms with Crippen molar-refractivity contribution in [2.75, 3.05) is 13.1 Å². The molecule has 1 heterocycles. The van der Waals surface area contributed by atoms with E-state index in [0.29, 0.717) is 12.6 Å². The summed E-state index contributed by atoms with van der Waals surface area (Å²) in [6, 6.07) is 0.0715. The molecule has 5 heteroatoms. The molecule has 1 aliphatic heterocycles. The summed E-state index contributed by atoms with van der Waals surface area (Å²) in [6.07, 6.45) is -1.91. The van der Waals surface area contributed by atoms with Crippen LogP contribution in [0.3, 0.4) is 0 Å². The van der Waals surface area contributed by atoms with Crippen LogP contribution in [-0.4, -0.2) is 36.2 Å². The summed E-state index contributed by atoms with van der Waals surface area (Å²) < 4.78 is 37.5. The Kier molecular flexibility index (Phi) is 2.47. The molecule has 1 saturated heterocycles. The van der Waals surface area contributed by atoms with Crippen molar-refractivity contribution >= 4 is 0 Å². The van der Waals surface area contributed by atoms with Crippen LogP contribution in [-0.2, 0) is 0 Å². The van der Waals surface area contributed by atoms with E-state index in [1.54, 1.807) is 0 Å². The Morgan fingerprint density at radius 2 is 1.79 bits per heavy atom. The lowest BCUT2D eigenvalue weighted by atomic mass is 9.94. The zero-order valence-corrected chi connectivity index (χ0v) is 7.93. The molecule has 1 aliphatic carbocycles. The first-order valence-electron chi connectivity index (χ1n) is 5.03. The van der Waals surface area contributed by atoms with Gasteiger partial charge in [-0.3, -0.25) is 4.90 Å². The maximum Gasteiger partial charge on any atom is 0.393 e. The molecule has 2 N–H and O–H groups in total. The second-order valence-electron chi connectivity index (χ2n) is 4.42. The number of hydrogen-bond acceptors (Lipinski definition) is 2. The molecule has 0 radical (unpaired) electrons. The van der Waals surface area contributed by atoms with Gasteiger partial charge in [0.15, 0.2) is 0 Å². The predicted molar refractivity (Wildman–Crippen MR) is 46.7 cm³/mol. The first kappa shape index (κ1) is 10.2. The van der Waals surface area contributed by atoms with Crippen molar-refractivity contribution in [3.05, 3.63) is 0 Å². The zero-order valence-electron chi connectivity index (χ0n) is 7.93. The highest BCUT2D eigenvalue weighted by Crippen LogP contribution is 2.37. The Morgan fingerprint density at radius 1 is 1.14 bits per heavy atom. The minimum absolute atomic E-state index is 0.0900. The molecule has 0 amide bonds. The van der Waals surface area contributed by atoms with Crippen LogP contribution in [0.4, 0.5) is 13.2 Å². The van der Waals surface area contributed by atoms with Crippen LogP contribution in [0.2, 0.25) is 0 Å². The van der Waals surface area contributed by atoms with Gasteiger partial charge in [-0.25, -0.2) is 0 Å². The monoisotopic (exact) mass is 208 g/mol. The van der Waals surface area contributed by atoms with Gasteiger partial charge in [0.25, 0.3) is 0 Å². The molecule has 0 unspecified atom stereocenters. The maximum absolute atomic E-state index is 12.5. The Bertz CT molecular complexity index is 213. The van der Waals surface area contributed by atoms with Gasteiger partial charge < -0.3 is 5.73 Å². The fourth-order valence-electron chi connectivity index (χ4n) is 2.15. The van der Waals surface area contributed by atoms with Gasteiger partial charge in [-0.15, -0.1) is 0 Å². The molecular weight excluding hydrogens is 193 g/mol. The Labute approximate surface area is 81.2 Å². The van der Waals surface area contributed by atoms with Gasteiger partial charge in [-0.2, -0.15) is 13.2 Å². The number of rotatable bonds is 1. The van der Waals surface area contributed by atoms with Crippen molar-refractivity contribution in [3.63, 3.8) is 0 Å². The summed E-state index contributed by atoms with van der Waals surface area (Å²) in [6.45, 7) is 0.791. The minimum Gasteiger partial charge on any atom is -0.327 e. The summed E-state index contributed by atoms with van der Waals surface area (Å²) in [5.41, 5.74) is 5.64. The average Bonchev–Trinajstić information content (AvgIpc) is 2.83. The first-order chi connectivity index (χ1) is 6.47. The van der Waals surface area contributed by atoms with E-state index in [4.69, 9.17) is 5.73 Å². The fraction of sp³-hybridized carbons (Fsp3) is 1.00. The van der Waals surface area contributed by atoms with Crippen LogP contribution in [0.25, 0.3) is 0 Å². The van der Waals surface area contributed by atoms with Crippen LogP contribution < -0.4 is 5.73 Å². The SMILES string of the molecule is N[C@@H]1C[C@H](C(F)(F)F)CN(C2CC2)C1. The minimum atomic E-state index is -4.08. The largest absolute Gasteiger partial charge is 0.393 e. The molecule has 0 bridgehead atoms. The number of likely N-dealkylation sites (tertiary alicyclic amines) is 1. The second kappa shape index (κ2) is 3.38. The number of halogens is 3. The number of piperidine rings is 1. The summed E-state index contributed by atoms with van der Waals surface area (Å²) in [4.78, 5) is 1.91. The van der Waals surface area contributed by atoms with Gasteiger partial charge in [0.05, 0.1) is 5.92 Å². The van der Waals surface area contributed by atoms with E-state index < -0.39 is 12.1 Å². The topological polar surface area (TPSA) is 29.3 Å². The fourth-order valence-corrected chi connectivity index (χ4v) is 2.15. The molecule has 2 atom stereocenters. The first-order valence-corrected chi connectivity index (χ1v) is 5.03. The quantitative estimate of drug-likeness (QED) is 0.705. The highest BCUT2D eigenvalue weighted by atomic mass is 19.4. The highest BCUT2D eigenvalue weighted by molar-refractivity contribution is 4.92. The summed E-state index contributed by atoms with van der Waals surface area (Å²) in [7, 11) is 0. The van der Waals surface area contributed by atoms with E-state index in [1.165, 1.54) is 0 Å². The van der Waals surface area contributed by atoms with E-state index in [0.717, 1.165) is 12.8 Å². The number of nitrogens with zero attached hydrogens (tertiary/aromatic N) is 1. The number of nitrogens with two attached hydrogens (primary N) is 1. The average molecular weight is 208 g/mol. The molecule has 2 nitrogen and oxygen atoms in total. The van der Waals surface area contributed by atoms with Gasteiger partial charge in [0.1, 0.15) is 0 Å². The van der Waals surface area contributed by atoms with Gasteiger partial charge in [-0.1, -0.05) is 0 Å². The third-order valence-electron chi connectivity index (χ3n) is 3.04. The molecular formula is C9H15F3N2. The van der Waals surface area contributed by atoms with Crippen LogP contribution in [0.15, 0.2) is 0 Å². The molecule has 2 aliphatic rings. The zero-order chi connectivity index (χ0) is 10.3. The lowest BCUT2D eigenvalue weighted by Gasteiger charge is -2.37. The Morgan fingerprint density at radius 3 is 2.29 bits per heavy atom. The van der Waals surface area contributed by atoms with E-state index in [2.05, 4.69) is 0 Å². The van der Waals surface area contributed by atoms with Crippen molar-refractivity contribution in [1.29, 1.82) is 0 Å². The molecule has 2 rings (SSSR count). The van der Waals surface area contributed by atoms with Crippen molar-refractivity contribution in [1.82, 2.24) is 4.90 Å². The van der Waals surface area contributed by atoms with Gasteiger partial charge in [0.2, 0.25) is 0 Å². The Hall–Kier alpha value is -0.290. The third-order valence-corrected chi connectivity index (χ3v) is 3.04. The lowest BCUT2D eigenvalue weighted by Crippen LogP contribution is -2.51. The maximum atomic E-state index is 12.5. The smallest absolute Gasteiger partial charge is 0.327 e. The van der Waals surface area contributed by atoms with E-state index in [-0.39, 0.29) is 19.0 Å². The standard InChI is InChI=1S/C9H15F3N2/c10-9(11,12)6-3-7(13)5-14(4-6)8-1-2-8/h6-8H,1-5,13H2/t6-,7+/m0/s1. The van der Waals surface area contributed by atoms with Crippen LogP contribution in [0.1, 0.15) is 19.3 Å². The van der Waals surface area contributed by atoms with E-state index in [9.17, 15) is 13.2 Å².